The van der Waals surface area contributed by atoms with Gasteiger partial charge in [0.05, 0.1) is 0 Å². The molecule has 0 spiro atoms. The average molecular weight is 260 g/mol. The maximum atomic E-state index is 12.7. The van der Waals surface area contributed by atoms with Crippen molar-refractivity contribution in [2.75, 3.05) is 13.1 Å². The number of nitrogens with zero attached hydrogens (tertiary/aromatic N) is 1. The van der Waals surface area contributed by atoms with Crippen LogP contribution in [-0.2, 0) is 0 Å². The molecule has 0 radical (unpaired) electrons. The molecule has 0 saturated carbocycles. The molecule has 0 bridgehead atoms. The first-order chi connectivity index (χ1) is 8.90. The number of likely N-dealkylation sites (tertiary alicyclic amines) is 1. The van der Waals surface area contributed by atoms with Gasteiger partial charge in [0.15, 0.2) is 0 Å². The minimum Gasteiger partial charge on any atom is -0.338 e. The second kappa shape index (κ2) is 5.33. The summed E-state index contributed by atoms with van der Waals surface area (Å²) in [6, 6.07) is 4.33. The van der Waals surface area contributed by atoms with E-state index in [1.54, 1.807) is 0 Å². The predicted octanol–water partition coefficient (Wildman–Crippen LogP) is 2.42. The van der Waals surface area contributed by atoms with Crippen molar-refractivity contribution < 1.29 is 4.79 Å². The van der Waals surface area contributed by atoms with E-state index in [0.717, 1.165) is 36.2 Å². The number of carbonyl (C=O) groups is 1. The fraction of sp³-hybridized carbons (Fsp3) is 0.562. The topological polar surface area (TPSA) is 46.3 Å². The Morgan fingerprint density at radius 2 is 1.89 bits per heavy atom. The fourth-order valence-electron chi connectivity index (χ4n) is 3.08. The lowest BCUT2D eigenvalue weighted by Gasteiger charge is -2.20. The van der Waals surface area contributed by atoms with Crippen LogP contribution in [0.3, 0.4) is 0 Å². The van der Waals surface area contributed by atoms with Crippen LogP contribution < -0.4 is 5.73 Å². The van der Waals surface area contributed by atoms with Gasteiger partial charge in [0, 0.05) is 24.7 Å². The summed E-state index contributed by atoms with van der Waals surface area (Å²) >= 11 is 0. The number of aryl methyl sites for hydroxylation is 3. The smallest absolute Gasteiger partial charge is 0.254 e. The summed E-state index contributed by atoms with van der Waals surface area (Å²) in [6.45, 7) is 9.76. The quantitative estimate of drug-likeness (QED) is 0.887. The maximum absolute atomic E-state index is 12.7. The fourth-order valence-corrected chi connectivity index (χ4v) is 3.08. The Hall–Kier alpha value is -1.35. The molecule has 2 rings (SSSR count). The number of amides is 1. The van der Waals surface area contributed by atoms with Gasteiger partial charge >= 0.3 is 0 Å². The first kappa shape index (κ1) is 14.1. The molecular formula is C16H24N2O. The van der Waals surface area contributed by atoms with Crippen LogP contribution in [0.2, 0.25) is 0 Å². The lowest BCUT2D eigenvalue weighted by atomic mass is 9.98. The Balaban J connectivity index is 2.22. The van der Waals surface area contributed by atoms with Crippen LogP contribution in [0, 0.1) is 26.7 Å². The molecule has 1 fully saturated rings. The summed E-state index contributed by atoms with van der Waals surface area (Å²) in [5, 5.41) is 0. The van der Waals surface area contributed by atoms with E-state index in [1.165, 1.54) is 5.56 Å². The first-order valence-corrected chi connectivity index (χ1v) is 7.03. The SMILES string of the molecule is Cc1cc(C)c(C(=O)N2CCC(C(C)N)C2)c(C)c1. The van der Waals surface area contributed by atoms with Gasteiger partial charge in [-0.2, -0.15) is 0 Å². The molecule has 0 aromatic heterocycles. The molecule has 1 aromatic carbocycles. The number of rotatable bonds is 2. The molecule has 104 valence electrons. The van der Waals surface area contributed by atoms with Crippen molar-refractivity contribution in [1.82, 2.24) is 4.90 Å². The molecule has 1 saturated heterocycles. The summed E-state index contributed by atoms with van der Waals surface area (Å²) in [5.41, 5.74) is 10.2. The van der Waals surface area contributed by atoms with Gasteiger partial charge in [-0.1, -0.05) is 17.7 Å². The number of nitrogens with two attached hydrogens (primary N) is 1. The first-order valence-electron chi connectivity index (χ1n) is 7.03. The number of hydrogen-bond acceptors (Lipinski definition) is 2. The van der Waals surface area contributed by atoms with Gasteiger partial charge in [-0.3, -0.25) is 4.79 Å². The van der Waals surface area contributed by atoms with E-state index in [0.29, 0.717) is 5.92 Å². The standard InChI is InChI=1S/C16H24N2O/c1-10-7-11(2)15(12(3)8-10)16(19)18-6-5-14(9-18)13(4)17/h7-8,13-14H,5-6,9,17H2,1-4H3. The molecule has 19 heavy (non-hydrogen) atoms. The van der Waals surface area contributed by atoms with Gasteiger partial charge in [0.25, 0.3) is 5.91 Å². The van der Waals surface area contributed by atoms with Crippen LogP contribution in [0.25, 0.3) is 0 Å². The zero-order chi connectivity index (χ0) is 14.2. The molecular weight excluding hydrogens is 236 g/mol. The van der Waals surface area contributed by atoms with Crippen LogP contribution in [0.15, 0.2) is 12.1 Å². The van der Waals surface area contributed by atoms with Gasteiger partial charge in [-0.15, -0.1) is 0 Å². The molecule has 0 aliphatic carbocycles. The highest BCUT2D eigenvalue weighted by Gasteiger charge is 2.30. The van der Waals surface area contributed by atoms with Crippen molar-refractivity contribution in [3.05, 3.63) is 34.4 Å². The molecule has 1 amide bonds. The zero-order valence-electron chi connectivity index (χ0n) is 12.4. The van der Waals surface area contributed by atoms with Gasteiger partial charge < -0.3 is 10.6 Å². The van der Waals surface area contributed by atoms with Crippen LogP contribution >= 0.6 is 0 Å². The van der Waals surface area contributed by atoms with E-state index in [9.17, 15) is 4.79 Å². The molecule has 1 aromatic rings. The Labute approximate surface area is 115 Å². The molecule has 1 aliphatic rings. The summed E-state index contributed by atoms with van der Waals surface area (Å²) in [7, 11) is 0. The van der Waals surface area contributed by atoms with E-state index in [2.05, 4.69) is 19.1 Å². The Bertz CT molecular complexity index is 471. The second-order valence-corrected chi connectivity index (χ2v) is 5.93. The Morgan fingerprint density at radius 3 is 2.37 bits per heavy atom. The second-order valence-electron chi connectivity index (χ2n) is 5.93. The highest BCUT2D eigenvalue weighted by molar-refractivity contribution is 5.97. The predicted molar refractivity (Wildman–Crippen MR) is 78.3 cm³/mol. The van der Waals surface area contributed by atoms with Crippen molar-refractivity contribution in [2.24, 2.45) is 11.7 Å². The van der Waals surface area contributed by atoms with E-state index in [-0.39, 0.29) is 11.9 Å². The van der Waals surface area contributed by atoms with E-state index < -0.39 is 0 Å². The zero-order valence-corrected chi connectivity index (χ0v) is 12.4. The van der Waals surface area contributed by atoms with Gasteiger partial charge in [-0.25, -0.2) is 0 Å². The minimum atomic E-state index is 0.165. The van der Waals surface area contributed by atoms with Gasteiger partial charge in [0.1, 0.15) is 0 Å². The van der Waals surface area contributed by atoms with Gasteiger partial charge in [-0.05, 0) is 51.2 Å². The monoisotopic (exact) mass is 260 g/mol. The van der Waals surface area contributed by atoms with E-state index in [4.69, 9.17) is 5.73 Å². The number of benzene rings is 1. The largest absolute Gasteiger partial charge is 0.338 e. The Morgan fingerprint density at radius 1 is 1.32 bits per heavy atom. The van der Waals surface area contributed by atoms with Gasteiger partial charge in [0.2, 0.25) is 0 Å². The van der Waals surface area contributed by atoms with E-state index >= 15 is 0 Å². The molecule has 2 N–H and O–H groups in total. The highest BCUT2D eigenvalue weighted by Crippen LogP contribution is 2.24. The summed E-state index contributed by atoms with van der Waals surface area (Å²) < 4.78 is 0. The van der Waals surface area contributed by atoms with Crippen molar-refractivity contribution >= 4 is 5.91 Å². The Kier molecular flexibility index (Phi) is 3.95. The summed E-state index contributed by atoms with van der Waals surface area (Å²) in [6.07, 6.45) is 1.02. The van der Waals surface area contributed by atoms with E-state index in [1.807, 2.05) is 25.7 Å². The number of hydrogen-bond donors (Lipinski definition) is 1. The van der Waals surface area contributed by atoms with Crippen molar-refractivity contribution in [2.45, 2.75) is 40.2 Å². The van der Waals surface area contributed by atoms with Crippen molar-refractivity contribution in [3.8, 4) is 0 Å². The molecule has 1 aliphatic heterocycles. The van der Waals surface area contributed by atoms with Crippen LogP contribution in [0.1, 0.15) is 40.4 Å². The van der Waals surface area contributed by atoms with Crippen molar-refractivity contribution in [3.63, 3.8) is 0 Å². The minimum absolute atomic E-state index is 0.165. The normalized spacial score (nSPS) is 20.7. The lowest BCUT2D eigenvalue weighted by Crippen LogP contribution is -2.33. The number of carbonyl (C=O) groups excluding carboxylic acids is 1. The van der Waals surface area contributed by atoms with Crippen LogP contribution in [0.4, 0.5) is 0 Å². The summed E-state index contributed by atoms with van der Waals surface area (Å²) in [5.74, 6) is 0.605. The maximum Gasteiger partial charge on any atom is 0.254 e. The molecule has 2 atom stereocenters. The average Bonchev–Trinajstić information content (AvgIpc) is 2.76. The lowest BCUT2D eigenvalue weighted by molar-refractivity contribution is 0.0784. The molecule has 3 nitrogen and oxygen atoms in total. The summed E-state index contributed by atoms with van der Waals surface area (Å²) in [4.78, 5) is 14.6. The van der Waals surface area contributed by atoms with Crippen LogP contribution in [0.5, 0.6) is 0 Å². The third-order valence-corrected chi connectivity index (χ3v) is 4.15. The van der Waals surface area contributed by atoms with Crippen LogP contribution in [-0.4, -0.2) is 29.9 Å². The van der Waals surface area contributed by atoms with Crippen molar-refractivity contribution in [1.29, 1.82) is 0 Å². The highest BCUT2D eigenvalue weighted by atomic mass is 16.2. The molecule has 2 unspecified atom stereocenters. The third kappa shape index (κ3) is 2.81. The molecule has 3 heteroatoms. The molecule has 1 heterocycles. The third-order valence-electron chi connectivity index (χ3n) is 4.15.